The normalized spacial score (nSPS) is 25.2. The summed E-state index contributed by atoms with van der Waals surface area (Å²) in [4.78, 5) is 11.7. The van der Waals surface area contributed by atoms with Crippen LogP contribution in [-0.2, 0) is 10.2 Å². The van der Waals surface area contributed by atoms with Crippen molar-refractivity contribution in [2.75, 3.05) is 13.1 Å². The minimum atomic E-state index is -0.746. The highest BCUT2D eigenvalue weighted by atomic mass is 79.9. The molecule has 0 aliphatic carbocycles. The van der Waals surface area contributed by atoms with E-state index in [0.29, 0.717) is 12.8 Å². The third kappa shape index (κ3) is 2.38. The number of aliphatic carboxylic acids is 1. The first-order valence-corrected chi connectivity index (χ1v) is 6.65. The minimum absolute atomic E-state index is 0.644. The maximum atomic E-state index is 11.7. The lowest BCUT2D eigenvalue weighted by atomic mass is 9.74. The molecule has 92 valence electrons. The average molecular weight is 298 g/mol. The highest BCUT2D eigenvalue weighted by Crippen LogP contribution is 2.38. The number of rotatable bonds is 2. The zero-order valence-electron chi connectivity index (χ0n) is 9.58. The molecule has 2 rings (SSSR count). The van der Waals surface area contributed by atoms with Crippen LogP contribution in [0.2, 0.25) is 0 Å². The zero-order chi connectivity index (χ0) is 12.3. The van der Waals surface area contributed by atoms with E-state index in [-0.39, 0.29) is 0 Å². The molecule has 17 heavy (non-hydrogen) atoms. The lowest BCUT2D eigenvalue weighted by molar-refractivity contribution is -0.144. The van der Waals surface area contributed by atoms with E-state index in [1.807, 2.05) is 24.3 Å². The second-order valence-electron chi connectivity index (χ2n) is 4.47. The molecule has 2 N–H and O–H groups in total. The van der Waals surface area contributed by atoms with Crippen LogP contribution in [0.3, 0.4) is 0 Å². The number of hydrogen-bond acceptors (Lipinski definition) is 2. The third-order valence-corrected chi connectivity index (χ3v) is 4.18. The van der Waals surface area contributed by atoms with Gasteiger partial charge in [-0.25, -0.2) is 0 Å². The summed E-state index contributed by atoms with van der Waals surface area (Å²) < 4.78 is 0.893. The van der Waals surface area contributed by atoms with Crippen molar-refractivity contribution >= 4 is 21.9 Å². The summed E-state index contributed by atoms with van der Waals surface area (Å²) in [6.45, 7) is 1.66. The predicted molar refractivity (Wildman–Crippen MR) is 70.2 cm³/mol. The van der Waals surface area contributed by atoms with Gasteiger partial charge in [-0.3, -0.25) is 4.79 Å². The molecule has 0 spiro atoms. The van der Waals surface area contributed by atoms with Crippen molar-refractivity contribution in [2.24, 2.45) is 0 Å². The molecule has 1 fully saturated rings. The molecule has 3 nitrogen and oxygen atoms in total. The number of hydrogen-bond donors (Lipinski definition) is 2. The first-order chi connectivity index (χ1) is 8.17. The van der Waals surface area contributed by atoms with Crippen LogP contribution >= 0.6 is 15.9 Å². The SMILES string of the molecule is O=C(O)C1(c2ccccc2Br)CCCNCC1. The van der Waals surface area contributed by atoms with Crippen molar-refractivity contribution in [2.45, 2.75) is 24.7 Å². The van der Waals surface area contributed by atoms with E-state index in [1.165, 1.54) is 0 Å². The van der Waals surface area contributed by atoms with Gasteiger partial charge in [-0.05, 0) is 44.0 Å². The van der Waals surface area contributed by atoms with Crippen LogP contribution < -0.4 is 5.32 Å². The van der Waals surface area contributed by atoms with Crippen LogP contribution in [0.25, 0.3) is 0 Å². The Hall–Kier alpha value is -0.870. The largest absolute Gasteiger partial charge is 0.481 e. The van der Waals surface area contributed by atoms with Crippen LogP contribution in [0.1, 0.15) is 24.8 Å². The van der Waals surface area contributed by atoms with Crippen molar-refractivity contribution < 1.29 is 9.90 Å². The Morgan fingerprint density at radius 2 is 2.06 bits per heavy atom. The first-order valence-electron chi connectivity index (χ1n) is 5.86. The van der Waals surface area contributed by atoms with Gasteiger partial charge in [0, 0.05) is 4.47 Å². The van der Waals surface area contributed by atoms with Crippen molar-refractivity contribution in [1.29, 1.82) is 0 Å². The zero-order valence-corrected chi connectivity index (χ0v) is 11.2. The summed E-state index contributed by atoms with van der Waals surface area (Å²) in [7, 11) is 0. The quantitative estimate of drug-likeness (QED) is 0.882. The summed E-state index contributed by atoms with van der Waals surface area (Å²) in [5.41, 5.74) is 0.153. The monoisotopic (exact) mass is 297 g/mol. The van der Waals surface area contributed by atoms with Crippen molar-refractivity contribution in [3.05, 3.63) is 34.3 Å². The van der Waals surface area contributed by atoms with Crippen molar-refractivity contribution in [3.8, 4) is 0 Å². The number of carboxylic acids is 1. The summed E-state index contributed by atoms with van der Waals surface area (Å²) in [6, 6.07) is 7.66. The Labute approximate surface area is 109 Å². The van der Waals surface area contributed by atoms with Gasteiger partial charge >= 0.3 is 5.97 Å². The summed E-state index contributed by atoms with van der Waals surface area (Å²) in [6.07, 6.45) is 2.23. The molecular formula is C13H16BrNO2. The number of nitrogens with one attached hydrogen (secondary N) is 1. The second-order valence-corrected chi connectivity index (χ2v) is 5.32. The van der Waals surface area contributed by atoms with Crippen molar-refractivity contribution in [3.63, 3.8) is 0 Å². The maximum Gasteiger partial charge on any atom is 0.314 e. The van der Waals surface area contributed by atoms with E-state index in [9.17, 15) is 9.90 Å². The minimum Gasteiger partial charge on any atom is -0.481 e. The Bertz CT molecular complexity index is 412. The first kappa shape index (κ1) is 12.6. The standard InChI is InChI=1S/C13H16BrNO2/c14-11-5-2-1-4-10(11)13(12(16)17)6-3-8-15-9-7-13/h1-2,4-5,15H,3,6-9H2,(H,16,17). The Kier molecular flexibility index (Phi) is 3.84. The summed E-state index contributed by atoms with van der Waals surface area (Å²) in [5, 5.41) is 12.9. The fraction of sp³-hybridized carbons (Fsp3) is 0.462. The number of benzene rings is 1. The van der Waals surface area contributed by atoms with Crippen LogP contribution in [0.15, 0.2) is 28.7 Å². The predicted octanol–water partition coefficient (Wildman–Crippen LogP) is 2.55. The smallest absolute Gasteiger partial charge is 0.314 e. The van der Waals surface area contributed by atoms with Gasteiger partial charge in [-0.15, -0.1) is 0 Å². The molecule has 1 aliphatic rings. The number of carboxylic acid groups (broad SMARTS) is 1. The van der Waals surface area contributed by atoms with E-state index in [4.69, 9.17) is 0 Å². The van der Waals surface area contributed by atoms with Crippen LogP contribution in [-0.4, -0.2) is 24.2 Å². The van der Waals surface area contributed by atoms with E-state index < -0.39 is 11.4 Å². The lowest BCUT2D eigenvalue weighted by Crippen LogP contribution is -2.37. The molecular weight excluding hydrogens is 282 g/mol. The Balaban J connectivity index is 2.46. The summed E-state index contributed by atoms with van der Waals surface area (Å²) in [5.74, 6) is -0.715. The molecule has 1 unspecified atom stereocenters. The molecule has 0 saturated carbocycles. The molecule has 4 heteroatoms. The number of carbonyl (C=O) groups is 1. The fourth-order valence-electron chi connectivity index (χ4n) is 2.51. The van der Waals surface area contributed by atoms with Gasteiger partial charge < -0.3 is 10.4 Å². The molecule has 0 bridgehead atoms. The molecule has 1 atom stereocenters. The van der Waals surface area contributed by atoms with E-state index >= 15 is 0 Å². The Morgan fingerprint density at radius 1 is 1.29 bits per heavy atom. The van der Waals surface area contributed by atoms with Gasteiger partial charge in [0.05, 0.1) is 5.41 Å². The van der Waals surface area contributed by atoms with Gasteiger partial charge in [0.15, 0.2) is 0 Å². The highest BCUT2D eigenvalue weighted by molar-refractivity contribution is 9.10. The van der Waals surface area contributed by atoms with Gasteiger partial charge in [0.1, 0.15) is 0 Å². The van der Waals surface area contributed by atoms with E-state index in [0.717, 1.165) is 29.5 Å². The Morgan fingerprint density at radius 3 is 2.76 bits per heavy atom. The lowest BCUT2D eigenvalue weighted by Gasteiger charge is -2.29. The van der Waals surface area contributed by atoms with Gasteiger partial charge in [0.25, 0.3) is 0 Å². The second kappa shape index (κ2) is 5.19. The third-order valence-electron chi connectivity index (χ3n) is 3.48. The molecule has 1 heterocycles. The van der Waals surface area contributed by atoms with Crippen LogP contribution in [0.5, 0.6) is 0 Å². The number of halogens is 1. The maximum absolute atomic E-state index is 11.7. The molecule has 1 aliphatic heterocycles. The molecule has 1 saturated heterocycles. The topological polar surface area (TPSA) is 49.3 Å². The van der Waals surface area contributed by atoms with E-state index in [2.05, 4.69) is 21.2 Å². The van der Waals surface area contributed by atoms with E-state index in [1.54, 1.807) is 0 Å². The summed E-state index contributed by atoms with van der Waals surface area (Å²) >= 11 is 3.48. The van der Waals surface area contributed by atoms with Gasteiger partial charge in [-0.2, -0.15) is 0 Å². The molecule has 0 amide bonds. The highest BCUT2D eigenvalue weighted by Gasteiger charge is 2.41. The fourth-order valence-corrected chi connectivity index (χ4v) is 3.18. The average Bonchev–Trinajstić information content (AvgIpc) is 2.56. The van der Waals surface area contributed by atoms with Crippen LogP contribution in [0, 0.1) is 0 Å². The van der Waals surface area contributed by atoms with Crippen molar-refractivity contribution in [1.82, 2.24) is 5.32 Å². The molecule has 1 aromatic carbocycles. The van der Waals surface area contributed by atoms with Gasteiger partial charge in [-0.1, -0.05) is 34.1 Å². The molecule has 1 aromatic rings. The van der Waals surface area contributed by atoms with Gasteiger partial charge in [0.2, 0.25) is 0 Å². The molecule has 0 radical (unpaired) electrons. The molecule has 0 aromatic heterocycles. The van der Waals surface area contributed by atoms with Crippen LogP contribution in [0.4, 0.5) is 0 Å².